The second kappa shape index (κ2) is 5.61. The van der Waals surface area contributed by atoms with Crippen LogP contribution in [0.4, 0.5) is 11.4 Å². The topological polar surface area (TPSA) is 102 Å². The van der Waals surface area contributed by atoms with E-state index in [0.29, 0.717) is 5.82 Å². The highest BCUT2D eigenvalue weighted by Gasteiger charge is 2.25. The number of benzene rings is 1. The van der Waals surface area contributed by atoms with Crippen molar-refractivity contribution in [2.75, 3.05) is 11.9 Å². The molecule has 21 heavy (non-hydrogen) atoms. The summed E-state index contributed by atoms with van der Waals surface area (Å²) >= 11 is 0. The number of nitrogens with zero attached hydrogens (tertiary/aromatic N) is 4. The Balaban J connectivity index is 2.47. The molecule has 0 unspecified atom stereocenters. The van der Waals surface area contributed by atoms with Gasteiger partial charge in [0.2, 0.25) is 0 Å². The van der Waals surface area contributed by atoms with Crippen LogP contribution in [0.15, 0.2) is 30.6 Å². The molecule has 1 N–H and O–H groups in total. The van der Waals surface area contributed by atoms with Gasteiger partial charge in [-0.2, -0.15) is 0 Å². The summed E-state index contributed by atoms with van der Waals surface area (Å²) in [6.45, 7) is 0.259. The number of imidazole rings is 1. The molecule has 0 amide bonds. The molecule has 0 bridgehead atoms. The summed E-state index contributed by atoms with van der Waals surface area (Å²) < 4.78 is 1.77. The van der Waals surface area contributed by atoms with Crippen molar-refractivity contribution in [1.82, 2.24) is 9.55 Å². The van der Waals surface area contributed by atoms with Crippen LogP contribution >= 0.6 is 0 Å². The lowest BCUT2D eigenvalue weighted by atomic mass is 10.1. The van der Waals surface area contributed by atoms with Crippen LogP contribution in [-0.2, 0) is 13.6 Å². The van der Waals surface area contributed by atoms with Crippen LogP contribution in [0.5, 0.6) is 0 Å². The van der Waals surface area contributed by atoms with Crippen LogP contribution in [0.3, 0.4) is 0 Å². The predicted octanol–water partition coefficient (Wildman–Crippen LogP) is 1.66. The molecular weight excluding hydrogens is 276 g/mol. The quantitative estimate of drug-likeness (QED) is 0.663. The van der Waals surface area contributed by atoms with Crippen molar-refractivity contribution in [1.29, 1.82) is 0 Å². The second-order valence-electron chi connectivity index (χ2n) is 4.55. The standard InChI is InChI=1S/C13H14N4O4/c1-15-7-6-14-11(15)8-16(2)12-9(13(18)19)4-3-5-10(12)17(20)21/h3-7H,8H2,1-2H3,(H,18,19). The highest BCUT2D eigenvalue weighted by molar-refractivity contribution is 5.97. The summed E-state index contributed by atoms with van der Waals surface area (Å²) in [7, 11) is 3.40. The molecule has 110 valence electrons. The Morgan fingerprint density at radius 3 is 2.76 bits per heavy atom. The fraction of sp³-hybridized carbons (Fsp3) is 0.231. The van der Waals surface area contributed by atoms with E-state index in [9.17, 15) is 20.0 Å². The van der Waals surface area contributed by atoms with Gasteiger partial charge in [0.25, 0.3) is 5.69 Å². The van der Waals surface area contributed by atoms with E-state index in [4.69, 9.17) is 0 Å². The molecule has 0 aliphatic carbocycles. The number of hydrogen-bond acceptors (Lipinski definition) is 5. The summed E-state index contributed by atoms with van der Waals surface area (Å²) in [6, 6.07) is 4.00. The van der Waals surface area contributed by atoms with Crippen LogP contribution in [0.2, 0.25) is 0 Å². The first-order valence-corrected chi connectivity index (χ1v) is 6.10. The van der Waals surface area contributed by atoms with Crippen molar-refractivity contribution >= 4 is 17.3 Å². The van der Waals surface area contributed by atoms with Gasteiger partial charge in [0.1, 0.15) is 11.5 Å². The van der Waals surface area contributed by atoms with Crippen molar-refractivity contribution in [2.45, 2.75) is 6.54 Å². The average Bonchev–Trinajstić information content (AvgIpc) is 2.83. The summed E-state index contributed by atoms with van der Waals surface area (Å²) in [4.78, 5) is 27.5. The molecule has 1 aromatic heterocycles. The highest BCUT2D eigenvalue weighted by atomic mass is 16.6. The largest absolute Gasteiger partial charge is 0.478 e. The second-order valence-corrected chi connectivity index (χ2v) is 4.55. The molecule has 1 heterocycles. The van der Waals surface area contributed by atoms with E-state index in [0.717, 1.165) is 0 Å². The Morgan fingerprint density at radius 2 is 2.24 bits per heavy atom. The van der Waals surface area contributed by atoms with E-state index in [1.165, 1.54) is 23.1 Å². The van der Waals surface area contributed by atoms with Crippen molar-refractivity contribution in [3.63, 3.8) is 0 Å². The average molecular weight is 290 g/mol. The van der Waals surface area contributed by atoms with Gasteiger partial charge in [-0.1, -0.05) is 6.07 Å². The maximum absolute atomic E-state index is 11.3. The van der Waals surface area contributed by atoms with Crippen LogP contribution in [-0.4, -0.2) is 32.6 Å². The lowest BCUT2D eigenvalue weighted by molar-refractivity contribution is -0.384. The van der Waals surface area contributed by atoms with Crippen molar-refractivity contribution in [3.05, 3.63) is 52.1 Å². The molecular formula is C13H14N4O4. The SMILES string of the molecule is CN(Cc1nccn1C)c1c(C(=O)O)cccc1[N+](=O)[O-]. The number of aromatic carboxylic acids is 1. The fourth-order valence-corrected chi connectivity index (χ4v) is 2.09. The molecule has 0 saturated carbocycles. The molecule has 2 rings (SSSR count). The lowest BCUT2D eigenvalue weighted by Crippen LogP contribution is -2.22. The molecule has 0 aliphatic rings. The first kappa shape index (κ1) is 14.5. The minimum atomic E-state index is -1.21. The molecule has 8 heteroatoms. The van der Waals surface area contributed by atoms with Crippen molar-refractivity contribution in [2.24, 2.45) is 7.05 Å². The third-order valence-corrected chi connectivity index (χ3v) is 3.12. The zero-order valence-electron chi connectivity index (χ0n) is 11.6. The Labute approximate surface area is 120 Å². The number of carboxylic acid groups (broad SMARTS) is 1. The molecule has 1 aromatic carbocycles. The van der Waals surface area contributed by atoms with Gasteiger partial charge in [-0.3, -0.25) is 10.1 Å². The van der Waals surface area contributed by atoms with Crippen LogP contribution in [0.1, 0.15) is 16.2 Å². The molecule has 2 aromatic rings. The van der Waals surface area contributed by atoms with Gasteiger partial charge in [0, 0.05) is 32.6 Å². The van der Waals surface area contributed by atoms with E-state index < -0.39 is 10.9 Å². The molecule has 0 aliphatic heterocycles. The van der Waals surface area contributed by atoms with Crippen molar-refractivity contribution in [3.8, 4) is 0 Å². The van der Waals surface area contributed by atoms with Crippen LogP contribution in [0, 0.1) is 10.1 Å². The van der Waals surface area contributed by atoms with E-state index in [1.807, 2.05) is 0 Å². The highest BCUT2D eigenvalue weighted by Crippen LogP contribution is 2.32. The van der Waals surface area contributed by atoms with Gasteiger partial charge >= 0.3 is 5.97 Å². The predicted molar refractivity (Wildman–Crippen MR) is 75.4 cm³/mol. The summed E-state index contributed by atoms with van der Waals surface area (Å²) in [5.41, 5.74) is -0.287. The maximum Gasteiger partial charge on any atom is 0.338 e. The number of nitro groups is 1. The van der Waals surface area contributed by atoms with E-state index in [1.54, 1.807) is 31.1 Å². The smallest absolute Gasteiger partial charge is 0.338 e. The van der Waals surface area contributed by atoms with Gasteiger partial charge < -0.3 is 14.6 Å². The van der Waals surface area contributed by atoms with E-state index in [2.05, 4.69) is 4.98 Å². The number of carboxylic acids is 1. The molecule has 0 fully saturated rings. The summed E-state index contributed by atoms with van der Waals surface area (Å²) in [6.07, 6.45) is 3.36. The van der Waals surface area contributed by atoms with Crippen molar-refractivity contribution < 1.29 is 14.8 Å². The Hall–Kier alpha value is -2.90. The maximum atomic E-state index is 11.3. The number of rotatable bonds is 5. The minimum absolute atomic E-state index is 0.0676. The zero-order valence-corrected chi connectivity index (χ0v) is 11.6. The summed E-state index contributed by atoms with van der Waals surface area (Å²) in [5.74, 6) is -0.535. The molecule has 0 spiro atoms. The van der Waals surface area contributed by atoms with E-state index in [-0.39, 0.29) is 23.5 Å². The van der Waals surface area contributed by atoms with Gasteiger partial charge in [-0.15, -0.1) is 0 Å². The molecule has 8 nitrogen and oxygen atoms in total. The molecule has 0 saturated heterocycles. The number of hydrogen-bond donors (Lipinski definition) is 1. The third-order valence-electron chi connectivity index (χ3n) is 3.12. The normalized spacial score (nSPS) is 10.4. The summed E-state index contributed by atoms with van der Waals surface area (Å²) in [5, 5.41) is 20.4. The van der Waals surface area contributed by atoms with Crippen LogP contribution in [0.25, 0.3) is 0 Å². The Kier molecular flexibility index (Phi) is 3.88. The number of aryl methyl sites for hydroxylation is 1. The van der Waals surface area contributed by atoms with Gasteiger partial charge in [0.05, 0.1) is 17.0 Å². The monoisotopic (exact) mass is 290 g/mol. The fourth-order valence-electron chi connectivity index (χ4n) is 2.09. The number of aromatic nitrogens is 2. The number of para-hydroxylation sites is 1. The van der Waals surface area contributed by atoms with E-state index >= 15 is 0 Å². The number of anilines is 1. The molecule has 0 atom stereocenters. The van der Waals surface area contributed by atoms with Gasteiger partial charge in [0.15, 0.2) is 0 Å². The third kappa shape index (κ3) is 2.83. The molecule has 0 radical (unpaired) electrons. The lowest BCUT2D eigenvalue weighted by Gasteiger charge is -2.20. The number of nitro benzene ring substituents is 1. The zero-order chi connectivity index (χ0) is 15.6. The minimum Gasteiger partial charge on any atom is -0.478 e. The Morgan fingerprint density at radius 1 is 1.52 bits per heavy atom. The van der Waals surface area contributed by atoms with Gasteiger partial charge in [-0.05, 0) is 6.07 Å². The first-order chi connectivity index (χ1) is 9.91. The Bertz CT molecular complexity index is 663. The van der Waals surface area contributed by atoms with Gasteiger partial charge in [-0.25, -0.2) is 9.78 Å². The first-order valence-electron chi connectivity index (χ1n) is 6.10. The number of carbonyl (C=O) groups is 1. The van der Waals surface area contributed by atoms with Crippen LogP contribution < -0.4 is 4.90 Å².